The molecule has 0 saturated carbocycles. The fraction of sp³-hybridized carbons (Fsp3) is 0.368. The Kier molecular flexibility index (Phi) is 6.68. The summed E-state index contributed by atoms with van der Waals surface area (Å²) in [6.07, 6.45) is 7.09. The lowest BCUT2D eigenvalue weighted by atomic mass is 9.89. The van der Waals surface area contributed by atoms with E-state index in [9.17, 15) is 9.90 Å². The van der Waals surface area contributed by atoms with Gasteiger partial charge in [-0.3, -0.25) is 9.80 Å². The average Bonchev–Trinajstić information content (AvgIpc) is 3.68. The van der Waals surface area contributed by atoms with Crippen molar-refractivity contribution in [2.75, 3.05) is 31.1 Å². The largest absolute Gasteiger partial charge is 0.472 e. The SMILES string of the molecule is C#Cc1c(F)ccc2cccc(-c3nc4c5c(nc(OCC67CC(=C)CN6CCC7=C)nc5c3F)N3CC5CCC(C3C(C)O4)N5C(=O)O)c12. The zero-order chi connectivity index (χ0) is 34.6. The molecular formula is C38H34F2N6O4. The van der Waals surface area contributed by atoms with E-state index in [1.165, 1.54) is 11.0 Å². The van der Waals surface area contributed by atoms with E-state index in [-0.39, 0.29) is 58.3 Å². The van der Waals surface area contributed by atoms with Crippen molar-refractivity contribution >= 4 is 33.6 Å². The Labute approximate surface area is 287 Å². The van der Waals surface area contributed by atoms with Crippen LogP contribution in [0, 0.1) is 24.0 Å². The second kappa shape index (κ2) is 10.9. The lowest BCUT2D eigenvalue weighted by Crippen LogP contribution is -2.64. The molecule has 1 amide bonds. The first-order chi connectivity index (χ1) is 24.1. The van der Waals surface area contributed by atoms with Crippen molar-refractivity contribution in [2.45, 2.75) is 62.4 Å². The van der Waals surface area contributed by atoms with Gasteiger partial charge in [0.2, 0.25) is 5.88 Å². The molecule has 5 unspecified atom stereocenters. The lowest BCUT2D eigenvalue weighted by molar-refractivity contribution is 0.0706. The smallest absolute Gasteiger partial charge is 0.407 e. The van der Waals surface area contributed by atoms with Gasteiger partial charge in [-0.1, -0.05) is 54.5 Å². The fourth-order valence-electron chi connectivity index (χ4n) is 9.23. The number of carboxylic acid groups (broad SMARTS) is 1. The highest BCUT2D eigenvalue weighted by atomic mass is 19.1. The molecule has 2 bridgehead atoms. The summed E-state index contributed by atoms with van der Waals surface area (Å²) in [5, 5.41) is 11.4. The third-order valence-electron chi connectivity index (χ3n) is 11.4. The molecule has 0 aliphatic carbocycles. The quantitative estimate of drug-likeness (QED) is 0.208. The number of anilines is 1. The summed E-state index contributed by atoms with van der Waals surface area (Å²) in [5.41, 5.74) is 1.77. The van der Waals surface area contributed by atoms with E-state index in [1.807, 2.05) is 11.8 Å². The molecule has 12 heteroatoms. The normalized spacial score (nSPS) is 26.9. The molecule has 4 aromatic rings. The lowest BCUT2D eigenvalue weighted by Gasteiger charge is -2.47. The summed E-state index contributed by atoms with van der Waals surface area (Å²) in [7, 11) is 0. The van der Waals surface area contributed by atoms with Crippen LogP contribution >= 0.6 is 0 Å². The van der Waals surface area contributed by atoms with Crippen LogP contribution in [0.4, 0.5) is 19.4 Å². The molecular weight excluding hydrogens is 642 g/mol. The summed E-state index contributed by atoms with van der Waals surface area (Å²) in [6.45, 7) is 12.6. The zero-order valence-electron chi connectivity index (χ0n) is 27.5. The number of hydrogen-bond donors (Lipinski definition) is 1. The predicted octanol–water partition coefficient (Wildman–Crippen LogP) is 5.92. The Bertz CT molecular complexity index is 2240. The first kappa shape index (κ1) is 30.8. The van der Waals surface area contributed by atoms with Crippen LogP contribution in [0.1, 0.15) is 38.2 Å². The van der Waals surface area contributed by atoms with Gasteiger partial charge in [-0.15, -0.1) is 6.42 Å². The number of terminal acetylenes is 1. The molecule has 5 aliphatic heterocycles. The van der Waals surface area contributed by atoms with E-state index < -0.39 is 35.4 Å². The number of pyridine rings is 1. The molecule has 9 rings (SSSR count). The second-order valence-corrected chi connectivity index (χ2v) is 14.1. The van der Waals surface area contributed by atoms with Crippen molar-refractivity contribution in [3.63, 3.8) is 0 Å². The molecule has 7 heterocycles. The molecule has 4 saturated heterocycles. The van der Waals surface area contributed by atoms with Crippen molar-refractivity contribution in [2.24, 2.45) is 0 Å². The number of carbonyl (C=O) groups is 1. The maximum Gasteiger partial charge on any atom is 0.407 e. The zero-order valence-corrected chi connectivity index (χ0v) is 27.5. The number of fused-ring (bicyclic) bond motifs is 7. The maximum atomic E-state index is 17.2. The fourth-order valence-corrected chi connectivity index (χ4v) is 9.23. The van der Waals surface area contributed by atoms with Crippen molar-refractivity contribution < 1.29 is 28.2 Å². The van der Waals surface area contributed by atoms with E-state index in [4.69, 9.17) is 25.9 Å². The molecule has 254 valence electrons. The van der Waals surface area contributed by atoms with E-state index in [0.717, 1.165) is 30.7 Å². The minimum atomic E-state index is -0.985. The Morgan fingerprint density at radius 2 is 2.02 bits per heavy atom. The third kappa shape index (κ3) is 4.22. The van der Waals surface area contributed by atoms with Gasteiger partial charge in [-0.2, -0.15) is 9.97 Å². The van der Waals surface area contributed by atoms with Gasteiger partial charge in [0, 0.05) is 30.6 Å². The number of aromatic nitrogens is 3. The van der Waals surface area contributed by atoms with Crippen LogP contribution in [-0.4, -0.2) is 92.0 Å². The summed E-state index contributed by atoms with van der Waals surface area (Å²) >= 11 is 0. The number of rotatable bonds is 4. The predicted molar refractivity (Wildman–Crippen MR) is 183 cm³/mol. The van der Waals surface area contributed by atoms with E-state index >= 15 is 8.78 Å². The number of amides is 1. The van der Waals surface area contributed by atoms with Gasteiger partial charge in [0.25, 0.3) is 0 Å². The van der Waals surface area contributed by atoms with Gasteiger partial charge >= 0.3 is 12.1 Å². The highest BCUT2D eigenvalue weighted by Crippen LogP contribution is 2.48. The molecule has 2 aromatic heterocycles. The molecule has 5 aliphatic rings. The van der Waals surface area contributed by atoms with Crippen LogP contribution in [0.3, 0.4) is 0 Å². The number of nitrogens with zero attached hydrogens (tertiary/aromatic N) is 6. The topological polar surface area (TPSA) is 104 Å². The summed E-state index contributed by atoms with van der Waals surface area (Å²) in [5.74, 6) is 1.52. The molecule has 5 atom stereocenters. The Morgan fingerprint density at radius 1 is 1.18 bits per heavy atom. The van der Waals surface area contributed by atoms with Gasteiger partial charge < -0.3 is 19.5 Å². The minimum Gasteiger partial charge on any atom is -0.472 e. The molecule has 1 N–H and O–H groups in total. The second-order valence-electron chi connectivity index (χ2n) is 14.1. The number of benzene rings is 2. The van der Waals surface area contributed by atoms with Gasteiger partial charge in [-0.25, -0.2) is 18.6 Å². The van der Waals surface area contributed by atoms with Crippen LogP contribution < -0.4 is 14.4 Å². The van der Waals surface area contributed by atoms with Gasteiger partial charge in [0.1, 0.15) is 40.9 Å². The van der Waals surface area contributed by atoms with Crippen molar-refractivity contribution in [1.29, 1.82) is 0 Å². The maximum absolute atomic E-state index is 17.2. The van der Waals surface area contributed by atoms with Gasteiger partial charge in [0.05, 0.1) is 29.2 Å². The molecule has 10 nitrogen and oxygen atoms in total. The molecule has 0 radical (unpaired) electrons. The van der Waals surface area contributed by atoms with Crippen LogP contribution in [-0.2, 0) is 0 Å². The summed E-state index contributed by atoms with van der Waals surface area (Å²) in [4.78, 5) is 32.6. The van der Waals surface area contributed by atoms with E-state index in [2.05, 4.69) is 29.0 Å². The Hall–Kier alpha value is -5.28. The van der Waals surface area contributed by atoms with Crippen LogP contribution in [0.15, 0.2) is 54.6 Å². The molecule has 2 aromatic carbocycles. The standard InChI is InChI=1S/C38H34F2N6O4/c1-5-24-26(39)11-9-22-7-6-8-25(28(22)24)31-30(40)32-29-34(43-36(42-32)49-18-38-15-19(2)16-44(38)14-13-20(38)3)45-17-23-10-12-27(46(23)37(47)48)33(45)21(4)50-35(29)41-31/h1,6-9,11,21,23,27,33H,2-3,10,12-18H2,4H3,(H,47,48). The Balaban J connectivity index is 1.26. The van der Waals surface area contributed by atoms with Gasteiger partial charge in [-0.05, 0) is 44.1 Å². The molecule has 0 spiro atoms. The average molecular weight is 677 g/mol. The monoisotopic (exact) mass is 676 g/mol. The number of halogens is 2. The van der Waals surface area contributed by atoms with Crippen molar-refractivity contribution in [3.05, 3.63) is 71.8 Å². The number of ether oxygens (including phenoxy) is 2. The van der Waals surface area contributed by atoms with Gasteiger partial charge in [0.15, 0.2) is 5.82 Å². The van der Waals surface area contributed by atoms with Crippen molar-refractivity contribution in [1.82, 2.24) is 24.8 Å². The number of piperazine rings is 1. The highest BCUT2D eigenvalue weighted by Gasteiger charge is 2.53. The molecule has 50 heavy (non-hydrogen) atoms. The van der Waals surface area contributed by atoms with E-state index in [1.54, 1.807) is 24.3 Å². The first-order valence-corrected chi connectivity index (χ1v) is 16.9. The van der Waals surface area contributed by atoms with Crippen LogP contribution in [0.5, 0.6) is 11.9 Å². The third-order valence-corrected chi connectivity index (χ3v) is 11.4. The minimum absolute atomic E-state index is 0.00683. The van der Waals surface area contributed by atoms with Crippen LogP contribution in [0.2, 0.25) is 0 Å². The molecule has 4 fully saturated rings. The first-order valence-electron chi connectivity index (χ1n) is 16.9. The Morgan fingerprint density at radius 3 is 2.82 bits per heavy atom. The summed E-state index contributed by atoms with van der Waals surface area (Å²) in [6, 6.07) is 6.89. The summed E-state index contributed by atoms with van der Waals surface area (Å²) < 4.78 is 45.2. The van der Waals surface area contributed by atoms with Crippen LogP contribution in [0.25, 0.3) is 32.9 Å². The van der Waals surface area contributed by atoms with E-state index in [0.29, 0.717) is 42.4 Å². The van der Waals surface area contributed by atoms with Crippen molar-refractivity contribution in [3.8, 4) is 35.5 Å². The highest BCUT2D eigenvalue weighted by molar-refractivity contribution is 6.03. The number of hydrogen-bond acceptors (Lipinski definition) is 8.